The molecule has 0 aliphatic heterocycles. The Morgan fingerprint density at radius 3 is 2.65 bits per heavy atom. The molecule has 2 aromatic rings. The molecule has 3 nitrogen and oxygen atoms in total. The molecule has 0 saturated carbocycles. The maximum atomic E-state index is 12.1. The number of esters is 1. The first-order chi connectivity index (χ1) is 9.81. The highest BCUT2D eigenvalue weighted by Gasteiger charge is 2.12. The molecule has 1 aromatic carbocycles. The van der Waals surface area contributed by atoms with Crippen LogP contribution in [-0.2, 0) is 17.9 Å². The third kappa shape index (κ3) is 3.98. The van der Waals surface area contributed by atoms with E-state index in [1.54, 1.807) is 0 Å². The summed E-state index contributed by atoms with van der Waals surface area (Å²) in [6, 6.07) is 13.4. The fourth-order valence-electron chi connectivity index (χ4n) is 2.12. The second kappa shape index (κ2) is 7.53. The number of aryl methyl sites for hydroxylation is 1. The van der Waals surface area contributed by atoms with E-state index in [1.165, 1.54) is 12.8 Å². The molecule has 0 unspecified atom stereocenters. The van der Waals surface area contributed by atoms with Gasteiger partial charge in [-0.05, 0) is 24.1 Å². The lowest BCUT2D eigenvalue weighted by Crippen LogP contribution is -2.12. The number of unbranched alkanes of at least 4 members (excludes halogenated alkanes) is 2. The predicted molar refractivity (Wildman–Crippen MR) is 79.5 cm³/mol. The summed E-state index contributed by atoms with van der Waals surface area (Å²) in [5.41, 5.74) is 1.64. The zero-order valence-corrected chi connectivity index (χ0v) is 11.9. The Balaban J connectivity index is 1.90. The highest BCUT2D eigenvalue weighted by atomic mass is 16.5. The zero-order valence-electron chi connectivity index (χ0n) is 11.9. The van der Waals surface area contributed by atoms with Crippen molar-refractivity contribution in [2.75, 3.05) is 0 Å². The topological polar surface area (TPSA) is 31.2 Å². The number of benzene rings is 1. The second-order valence-electron chi connectivity index (χ2n) is 4.86. The van der Waals surface area contributed by atoms with Gasteiger partial charge in [-0.2, -0.15) is 0 Å². The maximum Gasteiger partial charge on any atom is 0.355 e. The standard InChI is InChI=1S/C17H21NO2/c1-2-3-7-12-18-13-8-11-16(18)17(19)20-14-15-9-5-4-6-10-15/h4-6,8-11,13H,2-3,7,12,14H2,1H3. The van der Waals surface area contributed by atoms with Crippen molar-refractivity contribution in [1.29, 1.82) is 0 Å². The van der Waals surface area contributed by atoms with Crippen LogP contribution in [0.2, 0.25) is 0 Å². The van der Waals surface area contributed by atoms with E-state index in [0.717, 1.165) is 18.5 Å². The minimum atomic E-state index is -0.254. The molecule has 0 bridgehead atoms. The second-order valence-corrected chi connectivity index (χ2v) is 4.86. The molecule has 1 heterocycles. The molecule has 0 spiro atoms. The van der Waals surface area contributed by atoms with E-state index in [4.69, 9.17) is 4.74 Å². The summed E-state index contributed by atoms with van der Waals surface area (Å²) < 4.78 is 7.33. The Hall–Kier alpha value is -2.03. The van der Waals surface area contributed by atoms with Gasteiger partial charge >= 0.3 is 5.97 Å². The molecule has 0 atom stereocenters. The largest absolute Gasteiger partial charge is 0.456 e. The summed E-state index contributed by atoms with van der Waals surface area (Å²) in [6.07, 6.45) is 5.38. The lowest BCUT2D eigenvalue weighted by atomic mass is 10.2. The van der Waals surface area contributed by atoms with Crippen LogP contribution in [0.4, 0.5) is 0 Å². The third-order valence-electron chi connectivity index (χ3n) is 3.25. The normalized spacial score (nSPS) is 10.4. The van der Waals surface area contributed by atoms with Gasteiger partial charge in [-0.1, -0.05) is 50.1 Å². The molecule has 0 aliphatic carbocycles. The quantitative estimate of drug-likeness (QED) is 0.562. The number of rotatable bonds is 7. The Kier molecular flexibility index (Phi) is 5.42. The van der Waals surface area contributed by atoms with Gasteiger partial charge in [-0.25, -0.2) is 4.79 Å². The number of hydrogen-bond donors (Lipinski definition) is 0. The highest BCUT2D eigenvalue weighted by molar-refractivity contribution is 5.87. The molecule has 106 valence electrons. The smallest absolute Gasteiger partial charge is 0.355 e. The Labute approximate surface area is 120 Å². The molecule has 20 heavy (non-hydrogen) atoms. The van der Waals surface area contributed by atoms with E-state index >= 15 is 0 Å². The summed E-state index contributed by atoms with van der Waals surface area (Å²) in [6.45, 7) is 3.36. The summed E-state index contributed by atoms with van der Waals surface area (Å²) in [5.74, 6) is -0.254. The van der Waals surface area contributed by atoms with Gasteiger partial charge in [0.1, 0.15) is 12.3 Å². The third-order valence-corrected chi connectivity index (χ3v) is 3.25. The Morgan fingerprint density at radius 1 is 1.10 bits per heavy atom. The number of aromatic nitrogens is 1. The highest BCUT2D eigenvalue weighted by Crippen LogP contribution is 2.09. The van der Waals surface area contributed by atoms with Gasteiger partial charge in [0.2, 0.25) is 0 Å². The average Bonchev–Trinajstić information content (AvgIpc) is 2.95. The minimum absolute atomic E-state index is 0.254. The maximum absolute atomic E-state index is 12.1. The van der Waals surface area contributed by atoms with Gasteiger partial charge in [-0.15, -0.1) is 0 Å². The van der Waals surface area contributed by atoms with Crippen LogP contribution in [0.25, 0.3) is 0 Å². The first kappa shape index (κ1) is 14.4. The van der Waals surface area contributed by atoms with Crippen LogP contribution in [0.15, 0.2) is 48.7 Å². The number of carbonyl (C=O) groups excluding carboxylic acids is 1. The van der Waals surface area contributed by atoms with Crippen LogP contribution in [0.1, 0.15) is 42.2 Å². The molecule has 0 aliphatic rings. The number of ether oxygens (including phenoxy) is 1. The molecule has 1 aromatic heterocycles. The molecule has 0 N–H and O–H groups in total. The fraction of sp³-hybridized carbons (Fsp3) is 0.353. The summed E-state index contributed by atoms with van der Waals surface area (Å²) in [4.78, 5) is 12.1. The van der Waals surface area contributed by atoms with Crippen LogP contribution >= 0.6 is 0 Å². The Bertz CT molecular complexity index is 531. The van der Waals surface area contributed by atoms with Gasteiger partial charge in [0.25, 0.3) is 0 Å². The lowest BCUT2D eigenvalue weighted by molar-refractivity contribution is 0.0460. The van der Waals surface area contributed by atoms with Crippen LogP contribution in [0, 0.1) is 0 Å². The SMILES string of the molecule is CCCCCn1cccc1C(=O)OCc1ccccc1. The molecule has 2 rings (SSSR count). The van der Waals surface area contributed by atoms with Crippen molar-refractivity contribution >= 4 is 5.97 Å². The van der Waals surface area contributed by atoms with Crippen LogP contribution in [0.5, 0.6) is 0 Å². The van der Waals surface area contributed by atoms with E-state index in [1.807, 2.05) is 53.2 Å². The molecule has 0 amide bonds. The number of carbonyl (C=O) groups is 1. The summed E-state index contributed by atoms with van der Waals surface area (Å²) in [7, 11) is 0. The van der Waals surface area contributed by atoms with Crippen molar-refractivity contribution in [3.63, 3.8) is 0 Å². The van der Waals surface area contributed by atoms with E-state index < -0.39 is 0 Å². The fourth-order valence-corrected chi connectivity index (χ4v) is 2.12. The lowest BCUT2D eigenvalue weighted by Gasteiger charge is -2.09. The average molecular weight is 271 g/mol. The van der Waals surface area contributed by atoms with Crippen molar-refractivity contribution in [1.82, 2.24) is 4.57 Å². The van der Waals surface area contributed by atoms with E-state index in [-0.39, 0.29) is 5.97 Å². The van der Waals surface area contributed by atoms with Crippen LogP contribution in [0.3, 0.4) is 0 Å². The molecule has 0 saturated heterocycles. The summed E-state index contributed by atoms with van der Waals surface area (Å²) >= 11 is 0. The van der Waals surface area contributed by atoms with Gasteiger partial charge in [0.05, 0.1) is 0 Å². The van der Waals surface area contributed by atoms with Crippen molar-refractivity contribution in [3.05, 3.63) is 59.9 Å². The van der Waals surface area contributed by atoms with E-state index in [0.29, 0.717) is 12.3 Å². The van der Waals surface area contributed by atoms with Crippen LogP contribution < -0.4 is 0 Å². The van der Waals surface area contributed by atoms with Crippen molar-refractivity contribution < 1.29 is 9.53 Å². The van der Waals surface area contributed by atoms with Gasteiger partial charge in [0, 0.05) is 12.7 Å². The van der Waals surface area contributed by atoms with Gasteiger partial charge in [-0.3, -0.25) is 0 Å². The molecule has 0 radical (unpaired) electrons. The Morgan fingerprint density at radius 2 is 1.90 bits per heavy atom. The molecular formula is C17H21NO2. The van der Waals surface area contributed by atoms with E-state index in [2.05, 4.69) is 6.92 Å². The van der Waals surface area contributed by atoms with Gasteiger partial charge < -0.3 is 9.30 Å². The summed E-state index contributed by atoms with van der Waals surface area (Å²) in [5, 5.41) is 0. The monoisotopic (exact) mass is 271 g/mol. The first-order valence-corrected chi connectivity index (χ1v) is 7.17. The van der Waals surface area contributed by atoms with Crippen molar-refractivity contribution in [2.45, 2.75) is 39.3 Å². The molecule has 3 heteroatoms. The number of nitrogens with zero attached hydrogens (tertiary/aromatic N) is 1. The number of hydrogen-bond acceptors (Lipinski definition) is 2. The molecular weight excluding hydrogens is 250 g/mol. The zero-order chi connectivity index (χ0) is 14.2. The first-order valence-electron chi connectivity index (χ1n) is 7.17. The van der Waals surface area contributed by atoms with Crippen molar-refractivity contribution in [2.24, 2.45) is 0 Å². The minimum Gasteiger partial charge on any atom is -0.456 e. The van der Waals surface area contributed by atoms with Gasteiger partial charge in [0.15, 0.2) is 0 Å². The van der Waals surface area contributed by atoms with Crippen molar-refractivity contribution in [3.8, 4) is 0 Å². The van der Waals surface area contributed by atoms with Crippen LogP contribution in [-0.4, -0.2) is 10.5 Å². The predicted octanol–water partition coefficient (Wildman–Crippen LogP) is 4.04. The molecule has 0 fully saturated rings. The van der Waals surface area contributed by atoms with E-state index in [9.17, 15) is 4.79 Å².